The van der Waals surface area contributed by atoms with Crippen LogP contribution in [0.25, 0.3) is 0 Å². The van der Waals surface area contributed by atoms with Crippen LogP contribution in [-0.2, 0) is 15.0 Å². The van der Waals surface area contributed by atoms with E-state index in [1.54, 1.807) is 12.1 Å². The van der Waals surface area contributed by atoms with E-state index in [2.05, 4.69) is 0 Å². The Hall–Kier alpha value is -1.31. The molecule has 116 valence electrons. The number of carbonyl (C=O) groups is 1. The molecule has 0 radical (unpaired) electrons. The standard InChI is InChI=1S/C13H17ClN2O4S/c14-11-5-4-6-12(9-11)16(10-13(17)18)21(19,20)15-7-2-1-3-8-15/h4-6,9H,1-3,7-8,10H2,(H,17,18). The van der Waals surface area contributed by atoms with Crippen LogP contribution in [0, 0.1) is 0 Å². The first-order valence-electron chi connectivity index (χ1n) is 6.66. The number of carboxylic acids is 1. The molecule has 0 amide bonds. The summed E-state index contributed by atoms with van der Waals surface area (Å²) in [6.45, 7) is 0.206. The van der Waals surface area contributed by atoms with Gasteiger partial charge in [-0.2, -0.15) is 12.7 Å². The van der Waals surface area contributed by atoms with Crippen molar-refractivity contribution < 1.29 is 18.3 Å². The molecule has 0 saturated carbocycles. The average Bonchev–Trinajstić information content (AvgIpc) is 2.45. The molecule has 1 heterocycles. The summed E-state index contributed by atoms with van der Waals surface area (Å²) in [5.41, 5.74) is 0.260. The molecule has 1 fully saturated rings. The van der Waals surface area contributed by atoms with Gasteiger partial charge in [-0.15, -0.1) is 0 Å². The van der Waals surface area contributed by atoms with Gasteiger partial charge in [-0.3, -0.25) is 4.79 Å². The minimum Gasteiger partial charge on any atom is -0.480 e. The number of hydrogen-bond donors (Lipinski definition) is 1. The molecule has 1 aromatic carbocycles. The van der Waals surface area contributed by atoms with Crippen molar-refractivity contribution in [3.8, 4) is 0 Å². The maximum Gasteiger partial charge on any atom is 0.324 e. The Kier molecular flexibility index (Phi) is 5.08. The molecule has 0 bridgehead atoms. The second kappa shape index (κ2) is 6.64. The summed E-state index contributed by atoms with van der Waals surface area (Å²) in [5, 5.41) is 9.38. The quantitative estimate of drug-likeness (QED) is 0.894. The topological polar surface area (TPSA) is 77.9 Å². The van der Waals surface area contributed by atoms with Crippen molar-refractivity contribution in [2.45, 2.75) is 19.3 Å². The molecule has 2 rings (SSSR count). The highest BCUT2D eigenvalue weighted by Crippen LogP contribution is 2.25. The van der Waals surface area contributed by atoms with Gasteiger partial charge >= 0.3 is 16.2 Å². The molecule has 0 unspecified atom stereocenters. The van der Waals surface area contributed by atoms with E-state index >= 15 is 0 Å². The number of nitrogens with zero attached hydrogens (tertiary/aromatic N) is 2. The Labute approximate surface area is 129 Å². The lowest BCUT2D eigenvalue weighted by Crippen LogP contribution is -2.47. The van der Waals surface area contributed by atoms with Gasteiger partial charge in [0.15, 0.2) is 0 Å². The first-order chi connectivity index (χ1) is 9.91. The third-order valence-electron chi connectivity index (χ3n) is 3.29. The monoisotopic (exact) mass is 332 g/mol. The average molecular weight is 333 g/mol. The molecule has 0 spiro atoms. The Morgan fingerprint density at radius 1 is 1.29 bits per heavy atom. The fourth-order valence-corrected chi connectivity index (χ4v) is 4.13. The second-order valence-electron chi connectivity index (χ2n) is 4.85. The van der Waals surface area contributed by atoms with E-state index in [4.69, 9.17) is 16.7 Å². The van der Waals surface area contributed by atoms with Crippen LogP contribution in [0.5, 0.6) is 0 Å². The van der Waals surface area contributed by atoms with Crippen LogP contribution in [0.15, 0.2) is 24.3 Å². The predicted octanol–water partition coefficient (Wildman–Crippen LogP) is 1.96. The first kappa shape index (κ1) is 16.1. The summed E-state index contributed by atoms with van der Waals surface area (Å²) in [6.07, 6.45) is 2.56. The largest absolute Gasteiger partial charge is 0.480 e. The third-order valence-corrected chi connectivity index (χ3v) is 5.44. The molecule has 6 nitrogen and oxygen atoms in total. The summed E-state index contributed by atoms with van der Waals surface area (Å²) in [7, 11) is -3.86. The highest BCUT2D eigenvalue weighted by molar-refractivity contribution is 7.90. The molecule has 1 aliphatic heterocycles. The Morgan fingerprint density at radius 3 is 2.52 bits per heavy atom. The number of anilines is 1. The molecule has 1 N–H and O–H groups in total. The van der Waals surface area contributed by atoms with Crippen LogP contribution in [0.3, 0.4) is 0 Å². The minimum absolute atomic E-state index is 0.260. The highest BCUT2D eigenvalue weighted by Gasteiger charge is 2.32. The molecule has 0 atom stereocenters. The normalized spacial score (nSPS) is 16.6. The number of piperidine rings is 1. The Morgan fingerprint density at radius 2 is 1.95 bits per heavy atom. The van der Waals surface area contributed by atoms with Crippen molar-refractivity contribution in [1.29, 1.82) is 0 Å². The lowest BCUT2D eigenvalue weighted by molar-refractivity contribution is -0.135. The summed E-state index contributed by atoms with van der Waals surface area (Å²) in [4.78, 5) is 11.0. The minimum atomic E-state index is -3.86. The lowest BCUT2D eigenvalue weighted by atomic mass is 10.2. The number of rotatable bonds is 5. The van der Waals surface area contributed by atoms with Crippen molar-refractivity contribution in [2.24, 2.45) is 0 Å². The molecule has 0 aliphatic carbocycles. The molecule has 0 aromatic heterocycles. The maximum absolute atomic E-state index is 12.7. The van der Waals surface area contributed by atoms with Crippen molar-refractivity contribution in [3.05, 3.63) is 29.3 Å². The van der Waals surface area contributed by atoms with E-state index in [0.29, 0.717) is 18.1 Å². The zero-order chi connectivity index (χ0) is 15.5. The van der Waals surface area contributed by atoms with Gasteiger partial charge in [0.25, 0.3) is 0 Å². The van der Waals surface area contributed by atoms with Gasteiger partial charge in [0.1, 0.15) is 6.54 Å². The van der Waals surface area contributed by atoms with Crippen LogP contribution in [0.4, 0.5) is 5.69 Å². The SMILES string of the molecule is O=C(O)CN(c1cccc(Cl)c1)S(=O)(=O)N1CCCCC1. The van der Waals surface area contributed by atoms with E-state index in [9.17, 15) is 13.2 Å². The molecular formula is C13H17ClN2O4S. The summed E-state index contributed by atoms with van der Waals surface area (Å²) in [6, 6.07) is 6.19. The first-order valence-corrected chi connectivity index (χ1v) is 8.44. The van der Waals surface area contributed by atoms with Crippen LogP contribution in [0.1, 0.15) is 19.3 Å². The number of carboxylic acid groups (broad SMARTS) is 1. The number of benzene rings is 1. The van der Waals surface area contributed by atoms with E-state index in [0.717, 1.165) is 23.6 Å². The van der Waals surface area contributed by atoms with E-state index in [1.807, 2.05) is 0 Å². The van der Waals surface area contributed by atoms with Crippen LogP contribution >= 0.6 is 11.6 Å². The zero-order valence-electron chi connectivity index (χ0n) is 11.4. The van der Waals surface area contributed by atoms with Crippen molar-refractivity contribution >= 4 is 33.5 Å². The van der Waals surface area contributed by atoms with Gasteiger partial charge in [-0.25, -0.2) is 4.31 Å². The van der Waals surface area contributed by atoms with Gasteiger partial charge in [-0.1, -0.05) is 24.1 Å². The van der Waals surface area contributed by atoms with Gasteiger partial charge < -0.3 is 5.11 Å². The third kappa shape index (κ3) is 3.87. The highest BCUT2D eigenvalue weighted by atomic mass is 35.5. The Balaban J connectivity index is 2.37. The van der Waals surface area contributed by atoms with Crippen molar-refractivity contribution in [1.82, 2.24) is 4.31 Å². The molecule has 21 heavy (non-hydrogen) atoms. The Bertz CT molecular complexity index is 614. The summed E-state index contributed by atoms with van der Waals surface area (Å²) >= 11 is 5.88. The molecule has 1 aliphatic rings. The van der Waals surface area contributed by atoms with E-state index in [-0.39, 0.29) is 5.69 Å². The van der Waals surface area contributed by atoms with Crippen molar-refractivity contribution in [2.75, 3.05) is 23.9 Å². The fraction of sp³-hybridized carbons (Fsp3) is 0.462. The number of halogens is 1. The van der Waals surface area contributed by atoms with E-state index in [1.165, 1.54) is 16.4 Å². The van der Waals surface area contributed by atoms with E-state index < -0.39 is 22.7 Å². The summed E-state index contributed by atoms with van der Waals surface area (Å²) in [5.74, 6) is -1.21. The van der Waals surface area contributed by atoms with Gasteiger partial charge in [0, 0.05) is 18.1 Å². The number of aliphatic carboxylic acids is 1. The summed E-state index contributed by atoms with van der Waals surface area (Å²) < 4.78 is 27.6. The molecule has 8 heteroatoms. The van der Waals surface area contributed by atoms with Crippen LogP contribution < -0.4 is 4.31 Å². The van der Waals surface area contributed by atoms with Crippen LogP contribution in [-0.4, -0.2) is 43.4 Å². The van der Waals surface area contributed by atoms with Gasteiger partial charge in [0.2, 0.25) is 0 Å². The predicted molar refractivity (Wildman–Crippen MR) is 80.8 cm³/mol. The molecule has 1 saturated heterocycles. The molecular weight excluding hydrogens is 316 g/mol. The smallest absolute Gasteiger partial charge is 0.324 e. The second-order valence-corrected chi connectivity index (χ2v) is 7.14. The van der Waals surface area contributed by atoms with Crippen LogP contribution in [0.2, 0.25) is 5.02 Å². The van der Waals surface area contributed by atoms with Gasteiger partial charge in [0.05, 0.1) is 5.69 Å². The number of hydrogen-bond acceptors (Lipinski definition) is 3. The lowest BCUT2D eigenvalue weighted by Gasteiger charge is -2.32. The molecule has 1 aromatic rings. The fourth-order valence-electron chi connectivity index (χ4n) is 2.30. The maximum atomic E-state index is 12.7. The van der Waals surface area contributed by atoms with Crippen molar-refractivity contribution in [3.63, 3.8) is 0 Å². The van der Waals surface area contributed by atoms with Gasteiger partial charge in [-0.05, 0) is 31.0 Å². The zero-order valence-corrected chi connectivity index (χ0v) is 13.0.